The van der Waals surface area contributed by atoms with Crippen LogP contribution in [-0.2, 0) is 16.0 Å². The van der Waals surface area contributed by atoms with Gasteiger partial charge >= 0.3 is 0 Å². The first-order valence-corrected chi connectivity index (χ1v) is 9.12. The van der Waals surface area contributed by atoms with Crippen LogP contribution in [0.15, 0.2) is 28.8 Å². The van der Waals surface area contributed by atoms with Crippen LogP contribution in [0.2, 0.25) is 0 Å². The largest absolute Gasteiger partial charge is 0.356 e. The van der Waals surface area contributed by atoms with Crippen LogP contribution in [0.25, 0.3) is 11.0 Å². The number of benzene rings is 1. The molecule has 0 radical (unpaired) electrons. The Balaban J connectivity index is 1.34. The Kier molecular flexibility index (Phi) is 4.42. The molecule has 1 aromatic heterocycles. The van der Waals surface area contributed by atoms with E-state index >= 15 is 0 Å². The Morgan fingerprint density at radius 3 is 2.48 bits per heavy atom. The molecule has 2 fully saturated rings. The maximum atomic E-state index is 12.6. The van der Waals surface area contributed by atoms with Crippen molar-refractivity contribution in [2.75, 3.05) is 26.2 Å². The zero-order valence-corrected chi connectivity index (χ0v) is 14.3. The van der Waals surface area contributed by atoms with Gasteiger partial charge < -0.3 is 14.3 Å². The van der Waals surface area contributed by atoms with Gasteiger partial charge in [-0.3, -0.25) is 9.59 Å². The second-order valence-corrected chi connectivity index (χ2v) is 6.99. The third kappa shape index (κ3) is 3.25. The predicted molar refractivity (Wildman–Crippen MR) is 92.8 cm³/mol. The van der Waals surface area contributed by atoms with Gasteiger partial charge in [0.05, 0.1) is 6.42 Å². The van der Waals surface area contributed by atoms with E-state index in [1.807, 2.05) is 34.1 Å². The van der Waals surface area contributed by atoms with Gasteiger partial charge in [0.2, 0.25) is 11.8 Å². The second kappa shape index (κ2) is 6.86. The summed E-state index contributed by atoms with van der Waals surface area (Å²) in [5, 5.41) is 4.93. The molecule has 0 N–H and O–H groups in total. The first kappa shape index (κ1) is 16.1. The number of hydrogen-bond acceptors (Lipinski definition) is 4. The lowest BCUT2D eigenvalue weighted by Gasteiger charge is -2.36. The van der Waals surface area contributed by atoms with Crippen LogP contribution in [0, 0.1) is 5.92 Å². The Bertz CT molecular complexity index is 771. The molecule has 0 spiro atoms. The van der Waals surface area contributed by atoms with Gasteiger partial charge in [-0.2, -0.15) is 0 Å². The number of nitrogens with zero attached hydrogens (tertiary/aromatic N) is 3. The number of fused-ring (bicyclic) bond motifs is 1. The van der Waals surface area contributed by atoms with Crippen LogP contribution in [0.1, 0.15) is 31.4 Å². The Morgan fingerprint density at radius 2 is 1.72 bits per heavy atom. The first-order valence-electron chi connectivity index (χ1n) is 9.12. The van der Waals surface area contributed by atoms with Crippen LogP contribution in [0.5, 0.6) is 0 Å². The molecule has 1 aliphatic carbocycles. The van der Waals surface area contributed by atoms with Crippen molar-refractivity contribution in [3.05, 3.63) is 30.0 Å². The molecular weight excluding hydrogens is 318 g/mol. The van der Waals surface area contributed by atoms with Crippen LogP contribution in [0.4, 0.5) is 0 Å². The summed E-state index contributed by atoms with van der Waals surface area (Å²) in [7, 11) is 0. The number of hydrogen-bond donors (Lipinski definition) is 0. The molecular formula is C19H23N3O3. The van der Waals surface area contributed by atoms with Crippen LogP contribution in [-0.4, -0.2) is 52.9 Å². The van der Waals surface area contributed by atoms with E-state index in [9.17, 15) is 9.59 Å². The molecule has 6 heteroatoms. The van der Waals surface area contributed by atoms with Gasteiger partial charge in [-0.25, -0.2) is 0 Å². The zero-order valence-electron chi connectivity index (χ0n) is 14.3. The van der Waals surface area contributed by atoms with E-state index in [-0.39, 0.29) is 24.2 Å². The van der Waals surface area contributed by atoms with Gasteiger partial charge in [-0.1, -0.05) is 30.1 Å². The minimum atomic E-state index is 0.0482. The summed E-state index contributed by atoms with van der Waals surface area (Å²) in [6, 6.07) is 7.58. The fourth-order valence-corrected chi connectivity index (χ4v) is 3.93. The third-order valence-corrected chi connectivity index (χ3v) is 5.42. The first-order chi connectivity index (χ1) is 12.2. The van der Waals surface area contributed by atoms with Gasteiger partial charge in [-0.15, -0.1) is 0 Å². The highest BCUT2D eigenvalue weighted by Crippen LogP contribution is 2.27. The van der Waals surface area contributed by atoms with E-state index in [0.717, 1.165) is 18.2 Å². The van der Waals surface area contributed by atoms with Crippen molar-refractivity contribution in [1.29, 1.82) is 0 Å². The number of para-hydroxylation sites is 1. The monoisotopic (exact) mass is 341 g/mol. The van der Waals surface area contributed by atoms with Crippen molar-refractivity contribution < 1.29 is 14.1 Å². The summed E-state index contributed by atoms with van der Waals surface area (Å²) in [6.07, 6.45) is 4.63. The highest BCUT2D eigenvalue weighted by molar-refractivity contribution is 5.86. The van der Waals surface area contributed by atoms with Crippen molar-refractivity contribution in [1.82, 2.24) is 15.0 Å². The summed E-state index contributed by atoms with van der Waals surface area (Å²) < 4.78 is 5.27. The lowest BCUT2D eigenvalue weighted by Crippen LogP contribution is -2.52. The molecule has 2 aromatic rings. The number of carbonyl (C=O) groups excluding carboxylic acids is 2. The zero-order chi connectivity index (χ0) is 17.2. The molecule has 2 heterocycles. The van der Waals surface area contributed by atoms with Crippen molar-refractivity contribution in [3.8, 4) is 0 Å². The van der Waals surface area contributed by atoms with Gasteiger partial charge in [-0.05, 0) is 25.0 Å². The molecule has 1 saturated heterocycles. The van der Waals surface area contributed by atoms with Crippen LogP contribution < -0.4 is 0 Å². The lowest BCUT2D eigenvalue weighted by molar-refractivity contribution is -0.141. The van der Waals surface area contributed by atoms with E-state index in [4.69, 9.17) is 4.52 Å². The summed E-state index contributed by atoms with van der Waals surface area (Å²) in [5.41, 5.74) is 1.39. The molecule has 2 amide bonds. The Morgan fingerprint density at radius 1 is 1.04 bits per heavy atom. The SMILES string of the molecule is O=C(Cc1noc2ccccc12)N1CCN(C(=O)C2CCCC2)CC1. The van der Waals surface area contributed by atoms with Crippen molar-refractivity contribution in [2.24, 2.45) is 5.92 Å². The number of carbonyl (C=O) groups is 2. The molecule has 6 nitrogen and oxygen atoms in total. The number of rotatable bonds is 3. The molecule has 0 bridgehead atoms. The fourth-order valence-electron chi connectivity index (χ4n) is 3.93. The minimum Gasteiger partial charge on any atom is -0.356 e. The summed E-state index contributed by atoms with van der Waals surface area (Å²) >= 11 is 0. The third-order valence-electron chi connectivity index (χ3n) is 5.42. The number of piperazine rings is 1. The van der Waals surface area contributed by atoms with Gasteiger partial charge in [0.25, 0.3) is 0 Å². The predicted octanol–water partition coefficient (Wildman–Crippen LogP) is 2.23. The van der Waals surface area contributed by atoms with Gasteiger partial charge in [0.1, 0.15) is 5.69 Å². The second-order valence-electron chi connectivity index (χ2n) is 6.99. The highest BCUT2D eigenvalue weighted by atomic mass is 16.5. The molecule has 4 rings (SSSR count). The summed E-state index contributed by atoms with van der Waals surface area (Å²) in [6.45, 7) is 2.49. The van der Waals surface area contributed by atoms with E-state index in [0.29, 0.717) is 37.5 Å². The van der Waals surface area contributed by atoms with Crippen molar-refractivity contribution >= 4 is 22.8 Å². The molecule has 25 heavy (non-hydrogen) atoms. The molecule has 0 atom stereocenters. The maximum Gasteiger partial charge on any atom is 0.228 e. The summed E-state index contributed by atoms with van der Waals surface area (Å²) in [4.78, 5) is 28.8. The minimum absolute atomic E-state index is 0.0482. The molecule has 1 aliphatic heterocycles. The summed E-state index contributed by atoms with van der Waals surface area (Å²) in [5.74, 6) is 0.544. The van der Waals surface area contributed by atoms with Crippen molar-refractivity contribution in [3.63, 3.8) is 0 Å². The van der Waals surface area contributed by atoms with Crippen LogP contribution >= 0.6 is 0 Å². The molecule has 0 unspecified atom stereocenters. The Labute approximate surface area is 146 Å². The normalized spacial score (nSPS) is 18.9. The van der Waals surface area contributed by atoms with E-state index in [2.05, 4.69) is 5.16 Å². The number of aromatic nitrogens is 1. The Hall–Kier alpha value is -2.37. The van der Waals surface area contributed by atoms with Crippen LogP contribution in [0.3, 0.4) is 0 Å². The van der Waals surface area contributed by atoms with Gasteiger partial charge in [0.15, 0.2) is 5.58 Å². The lowest BCUT2D eigenvalue weighted by atomic mass is 10.1. The van der Waals surface area contributed by atoms with Gasteiger partial charge in [0, 0.05) is 37.5 Å². The fraction of sp³-hybridized carbons (Fsp3) is 0.526. The maximum absolute atomic E-state index is 12.6. The average molecular weight is 341 g/mol. The van der Waals surface area contributed by atoms with E-state index in [1.165, 1.54) is 12.8 Å². The smallest absolute Gasteiger partial charge is 0.228 e. The van der Waals surface area contributed by atoms with Crippen molar-refractivity contribution in [2.45, 2.75) is 32.1 Å². The quantitative estimate of drug-likeness (QED) is 0.859. The topological polar surface area (TPSA) is 66.7 Å². The molecule has 2 aliphatic rings. The molecule has 132 valence electrons. The van der Waals surface area contributed by atoms with E-state index < -0.39 is 0 Å². The van der Waals surface area contributed by atoms with E-state index in [1.54, 1.807) is 0 Å². The molecule has 1 saturated carbocycles. The number of amides is 2. The average Bonchev–Trinajstić information content (AvgIpc) is 3.32. The molecule has 1 aromatic carbocycles. The highest BCUT2D eigenvalue weighted by Gasteiger charge is 2.30. The standard InChI is InChI=1S/C19H23N3O3/c23-18(13-16-15-7-3-4-8-17(15)25-20-16)21-9-11-22(12-10-21)19(24)14-5-1-2-6-14/h3-4,7-8,14H,1-2,5-6,9-13H2.